The number of pyridine rings is 1. The molecule has 0 unspecified atom stereocenters. The molecular weight excluding hydrogens is 421 g/mol. The lowest BCUT2D eigenvalue weighted by Gasteiger charge is -2.26. The van der Waals surface area contributed by atoms with Crippen LogP contribution in [0.15, 0.2) is 46.6 Å². The van der Waals surface area contributed by atoms with E-state index in [2.05, 4.69) is 15.5 Å². The van der Waals surface area contributed by atoms with E-state index in [1.54, 1.807) is 18.2 Å². The predicted molar refractivity (Wildman–Crippen MR) is 112 cm³/mol. The molecule has 1 aromatic carbocycles. The van der Waals surface area contributed by atoms with E-state index in [4.69, 9.17) is 10.1 Å². The summed E-state index contributed by atoms with van der Waals surface area (Å²) in [7, 11) is -3.61. The number of halogens is 1. The molecule has 162 valence electrons. The van der Waals surface area contributed by atoms with Crippen molar-refractivity contribution >= 4 is 21.6 Å². The molecular formula is C21H22FN5O3S. The molecule has 2 heterocycles. The normalized spacial score (nSPS) is 17.1. The third kappa shape index (κ3) is 5.18. The van der Waals surface area contributed by atoms with Crippen molar-refractivity contribution in [3.8, 4) is 6.07 Å². The highest BCUT2D eigenvalue weighted by Gasteiger charge is 2.28. The Balaban J connectivity index is 1.30. The fraction of sp³-hybridized carbons (Fsp3) is 0.381. The average molecular weight is 444 g/mol. The number of sulfonamides is 1. The van der Waals surface area contributed by atoms with Crippen LogP contribution in [0.5, 0.6) is 0 Å². The van der Waals surface area contributed by atoms with Gasteiger partial charge >= 0.3 is 0 Å². The molecule has 1 aromatic heterocycles. The van der Waals surface area contributed by atoms with Gasteiger partial charge in [-0.25, -0.2) is 17.8 Å². The van der Waals surface area contributed by atoms with Crippen LogP contribution in [0.2, 0.25) is 0 Å². The van der Waals surface area contributed by atoms with Gasteiger partial charge in [-0.05, 0) is 42.7 Å². The van der Waals surface area contributed by atoms with Gasteiger partial charge in [0.2, 0.25) is 10.0 Å². The summed E-state index contributed by atoms with van der Waals surface area (Å²) in [4.78, 5) is 9.72. The van der Waals surface area contributed by atoms with E-state index in [9.17, 15) is 12.8 Å². The van der Waals surface area contributed by atoms with Crippen molar-refractivity contribution in [3.63, 3.8) is 0 Å². The number of hydrogen-bond donors (Lipinski definition) is 1. The van der Waals surface area contributed by atoms with Crippen LogP contribution in [0.3, 0.4) is 0 Å². The molecule has 8 nitrogen and oxygen atoms in total. The number of rotatable bonds is 7. The van der Waals surface area contributed by atoms with Crippen molar-refractivity contribution in [2.45, 2.75) is 43.2 Å². The zero-order chi connectivity index (χ0) is 21.8. The number of oxime groups is 1. The molecule has 2 aliphatic rings. The van der Waals surface area contributed by atoms with E-state index in [1.807, 2.05) is 0 Å². The number of aromatic nitrogens is 1. The molecule has 2 aromatic rings. The van der Waals surface area contributed by atoms with Crippen molar-refractivity contribution in [2.24, 2.45) is 5.16 Å². The summed E-state index contributed by atoms with van der Waals surface area (Å²) in [5.41, 5.74) is 1.35. The van der Waals surface area contributed by atoms with Crippen molar-refractivity contribution in [3.05, 3.63) is 53.5 Å². The van der Waals surface area contributed by atoms with Gasteiger partial charge in [-0.2, -0.15) is 9.57 Å². The molecule has 0 radical (unpaired) electrons. The highest BCUT2D eigenvalue weighted by Crippen LogP contribution is 2.25. The van der Waals surface area contributed by atoms with E-state index in [1.165, 1.54) is 28.7 Å². The summed E-state index contributed by atoms with van der Waals surface area (Å²) in [6.07, 6.45) is 4.55. The van der Waals surface area contributed by atoms with Crippen LogP contribution < -0.4 is 5.32 Å². The van der Waals surface area contributed by atoms with Crippen molar-refractivity contribution < 1.29 is 17.6 Å². The zero-order valence-corrected chi connectivity index (χ0v) is 17.6. The van der Waals surface area contributed by atoms with Gasteiger partial charge in [0.15, 0.2) is 0 Å². The molecule has 1 aliphatic heterocycles. The maximum Gasteiger partial charge on any atom is 0.244 e. The molecule has 0 spiro atoms. The number of nitrogens with zero attached hydrogens (tertiary/aromatic N) is 4. The van der Waals surface area contributed by atoms with Gasteiger partial charge in [-0.3, -0.25) is 0 Å². The van der Waals surface area contributed by atoms with Crippen LogP contribution >= 0.6 is 0 Å². The van der Waals surface area contributed by atoms with Crippen LogP contribution in [-0.4, -0.2) is 42.6 Å². The Bertz CT molecular complexity index is 1110. The first-order valence-electron chi connectivity index (χ1n) is 10.0. The molecule has 2 fully saturated rings. The van der Waals surface area contributed by atoms with Crippen LogP contribution in [0.25, 0.3) is 0 Å². The molecule has 0 amide bonds. The van der Waals surface area contributed by atoms with Gasteiger partial charge in [-0.15, -0.1) is 0 Å². The topological polar surface area (TPSA) is 108 Å². The summed E-state index contributed by atoms with van der Waals surface area (Å²) in [6, 6.07) is 9.69. The van der Waals surface area contributed by atoms with Crippen molar-refractivity contribution in [2.75, 3.05) is 18.4 Å². The SMILES string of the molecule is N#Cc1cc(CON=C2CCN(S(=O)(=O)c3ccc(NC4CC4)nc3)CC2)ccc1F. The van der Waals surface area contributed by atoms with Crippen LogP contribution in [0.4, 0.5) is 10.2 Å². The minimum absolute atomic E-state index is 0.0434. The Hall–Kier alpha value is -3.03. The molecule has 0 atom stereocenters. The lowest BCUT2D eigenvalue weighted by Crippen LogP contribution is -2.38. The fourth-order valence-electron chi connectivity index (χ4n) is 3.23. The van der Waals surface area contributed by atoms with E-state index in [0.29, 0.717) is 43.4 Å². The van der Waals surface area contributed by atoms with Crippen LogP contribution in [0, 0.1) is 17.1 Å². The molecule has 4 rings (SSSR count). The summed E-state index contributed by atoms with van der Waals surface area (Å²) in [5.74, 6) is 0.116. The molecule has 31 heavy (non-hydrogen) atoms. The first kappa shape index (κ1) is 21.2. The molecule has 1 aliphatic carbocycles. The molecule has 10 heteroatoms. The lowest BCUT2D eigenvalue weighted by molar-refractivity contribution is 0.128. The maximum atomic E-state index is 13.4. The Morgan fingerprint density at radius 2 is 2.03 bits per heavy atom. The molecule has 1 saturated heterocycles. The number of piperidine rings is 1. The third-order valence-electron chi connectivity index (χ3n) is 5.18. The van der Waals surface area contributed by atoms with Gasteiger partial charge < -0.3 is 10.2 Å². The maximum absolute atomic E-state index is 13.4. The lowest BCUT2D eigenvalue weighted by atomic mass is 10.1. The summed E-state index contributed by atoms with van der Waals surface area (Å²) < 4.78 is 40.5. The van der Waals surface area contributed by atoms with Crippen LogP contribution in [-0.2, 0) is 21.5 Å². The molecule has 1 N–H and O–H groups in total. The molecule has 0 bridgehead atoms. The Morgan fingerprint density at radius 3 is 2.68 bits per heavy atom. The van der Waals surface area contributed by atoms with E-state index in [-0.39, 0.29) is 17.1 Å². The number of hydrogen-bond acceptors (Lipinski definition) is 7. The zero-order valence-electron chi connectivity index (χ0n) is 16.8. The summed E-state index contributed by atoms with van der Waals surface area (Å²) in [5, 5.41) is 16.2. The smallest absolute Gasteiger partial charge is 0.244 e. The Kier molecular flexibility index (Phi) is 6.15. The summed E-state index contributed by atoms with van der Waals surface area (Å²) in [6.45, 7) is 0.719. The second kappa shape index (κ2) is 8.99. The number of anilines is 1. The van der Waals surface area contributed by atoms with Gasteiger partial charge in [0.25, 0.3) is 0 Å². The van der Waals surface area contributed by atoms with E-state index in [0.717, 1.165) is 18.6 Å². The summed E-state index contributed by atoms with van der Waals surface area (Å²) >= 11 is 0. The monoisotopic (exact) mass is 443 g/mol. The van der Waals surface area contributed by atoms with Crippen molar-refractivity contribution in [1.82, 2.24) is 9.29 Å². The van der Waals surface area contributed by atoms with Gasteiger partial charge in [0.1, 0.15) is 29.2 Å². The van der Waals surface area contributed by atoms with E-state index >= 15 is 0 Å². The standard InChI is InChI=1S/C21H22FN5O3S/c22-20-5-1-15(11-16(20)12-23)14-30-26-18-7-9-27(10-8-18)31(28,29)19-4-6-21(24-13-19)25-17-2-3-17/h1,4-6,11,13,17H,2-3,7-10,14H2,(H,24,25). The van der Waals surface area contributed by atoms with Gasteiger partial charge in [0, 0.05) is 38.2 Å². The highest BCUT2D eigenvalue weighted by molar-refractivity contribution is 7.89. The fourth-order valence-corrected chi connectivity index (χ4v) is 4.61. The first-order valence-corrected chi connectivity index (χ1v) is 11.5. The number of benzene rings is 1. The Morgan fingerprint density at radius 1 is 1.26 bits per heavy atom. The Labute approximate surface area is 180 Å². The minimum Gasteiger partial charge on any atom is -0.391 e. The second-order valence-electron chi connectivity index (χ2n) is 7.56. The molecule has 1 saturated carbocycles. The van der Waals surface area contributed by atoms with E-state index < -0.39 is 15.8 Å². The third-order valence-corrected chi connectivity index (χ3v) is 7.06. The van der Waals surface area contributed by atoms with Gasteiger partial charge in [0.05, 0.1) is 11.3 Å². The number of nitrogens with one attached hydrogen (secondary N) is 1. The first-order chi connectivity index (χ1) is 15.0. The largest absolute Gasteiger partial charge is 0.391 e. The minimum atomic E-state index is -3.61. The highest BCUT2D eigenvalue weighted by atomic mass is 32.2. The number of nitriles is 1. The van der Waals surface area contributed by atoms with Gasteiger partial charge in [-0.1, -0.05) is 11.2 Å². The average Bonchev–Trinajstić information content (AvgIpc) is 3.60. The predicted octanol–water partition coefficient (Wildman–Crippen LogP) is 3.02. The van der Waals surface area contributed by atoms with Crippen molar-refractivity contribution in [1.29, 1.82) is 5.26 Å². The van der Waals surface area contributed by atoms with Crippen LogP contribution in [0.1, 0.15) is 36.8 Å². The second-order valence-corrected chi connectivity index (χ2v) is 9.50. The quantitative estimate of drug-likeness (QED) is 0.659.